The van der Waals surface area contributed by atoms with Crippen molar-refractivity contribution in [3.8, 4) is 0 Å². The van der Waals surface area contributed by atoms with Crippen molar-refractivity contribution < 1.29 is 4.79 Å². The van der Waals surface area contributed by atoms with Crippen LogP contribution in [0.2, 0.25) is 0 Å². The Kier molecular flexibility index (Phi) is 6.53. The van der Waals surface area contributed by atoms with Crippen LogP contribution in [0.25, 0.3) is 0 Å². The molecule has 14 heavy (non-hydrogen) atoms. The first-order valence-electron chi connectivity index (χ1n) is 4.89. The number of nitrogens with two attached hydrogens (primary N) is 1. The highest BCUT2D eigenvalue weighted by atomic mass is 16.2. The molecule has 0 saturated carbocycles. The summed E-state index contributed by atoms with van der Waals surface area (Å²) in [4.78, 5) is 16.8. The topological polar surface area (TPSA) is 70.7 Å². The van der Waals surface area contributed by atoms with Gasteiger partial charge in [0.15, 0.2) is 5.96 Å². The number of likely N-dealkylation sites (N-methyl/N-ethyl adjacent to an activating group) is 1. The van der Waals surface area contributed by atoms with Crippen molar-refractivity contribution in [2.45, 2.75) is 20.3 Å². The van der Waals surface area contributed by atoms with Crippen molar-refractivity contribution in [1.82, 2.24) is 10.2 Å². The van der Waals surface area contributed by atoms with Gasteiger partial charge in [-0.05, 0) is 13.3 Å². The number of carbonyl (C=O) groups is 1. The van der Waals surface area contributed by atoms with Crippen molar-refractivity contribution in [2.24, 2.45) is 10.7 Å². The summed E-state index contributed by atoms with van der Waals surface area (Å²) < 4.78 is 0. The van der Waals surface area contributed by atoms with Gasteiger partial charge in [-0.25, -0.2) is 4.99 Å². The van der Waals surface area contributed by atoms with Gasteiger partial charge in [-0.3, -0.25) is 4.79 Å². The summed E-state index contributed by atoms with van der Waals surface area (Å²) in [5, 5.41) is 2.90. The normalized spacial score (nSPS) is 11.2. The number of hydrogen-bond acceptors (Lipinski definition) is 2. The predicted octanol–water partition coefficient (Wildman–Crippen LogP) is -0.221. The minimum Gasteiger partial charge on any atom is -0.370 e. The van der Waals surface area contributed by atoms with E-state index in [1.54, 1.807) is 11.9 Å². The highest BCUT2D eigenvalue weighted by Gasteiger charge is 2.04. The van der Waals surface area contributed by atoms with Gasteiger partial charge >= 0.3 is 0 Å². The van der Waals surface area contributed by atoms with Crippen LogP contribution in [-0.4, -0.2) is 43.4 Å². The molecule has 0 rings (SSSR count). The van der Waals surface area contributed by atoms with Crippen LogP contribution < -0.4 is 11.1 Å². The minimum atomic E-state index is -0.0197. The highest BCUT2D eigenvalue weighted by Crippen LogP contribution is 1.84. The van der Waals surface area contributed by atoms with E-state index in [0.717, 1.165) is 13.0 Å². The quantitative estimate of drug-likeness (QED) is 0.476. The van der Waals surface area contributed by atoms with Crippen molar-refractivity contribution in [3.05, 3.63) is 0 Å². The summed E-state index contributed by atoms with van der Waals surface area (Å²) in [6.07, 6.45) is 0.985. The van der Waals surface area contributed by atoms with Gasteiger partial charge in [-0.2, -0.15) is 0 Å². The maximum Gasteiger partial charge on any atom is 0.244 e. The first-order chi connectivity index (χ1) is 6.61. The number of carbonyl (C=O) groups excluding carboxylic acids is 1. The summed E-state index contributed by atoms with van der Waals surface area (Å²) >= 11 is 0. The van der Waals surface area contributed by atoms with Gasteiger partial charge in [-0.15, -0.1) is 0 Å². The van der Waals surface area contributed by atoms with Gasteiger partial charge in [0.05, 0.1) is 0 Å². The van der Waals surface area contributed by atoms with Crippen LogP contribution in [0.3, 0.4) is 0 Å². The molecule has 0 aliphatic heterocycles. The average molecular weight is 200 g/mol. The molecule has 0 aromatic rings. The van der Waals surface area contributed by atoms with E-state index in [9.17, 15) is 4.79 Å². The Labute approximate surface area is 85.4 Å². The molecule has 5 nitrogen and oxygen atoms in total. The van der Waals surface area contributed by atoms with Crippen LogP contribution in [0.15, 0.2) is 4.99 Å². The Morgan fingerprint density at radius 3 is 2.64 bits per heavy atom. The fourth-order valence-corrected chi connectivity index (χ4v) is 0.759. The van der Waals surface area contributed by atoms with Crippen LogP contribution >= 0.6 is 0 Å². The minimum absolute atomic E-state index is 0.0197. The fraction of sp³-hybridized carbons (Fsp3) is 0.778. The molecular formula is C9H20N4O. The second-order valence-corrected chi connectivity index (χ2v) is 3.04. The third-order valence-corrected chi connectivity index (χ3v) is 1.84. The predicted molar refractivity (Wildman–Crippen MR) is 58.1 cm³/mol. The summed E-state index contributed by atoms with van der Waals surface area (Å²) in [6, 6.07) is 0. The van der Waals surface area contributed by atoms with Gasteiger partial charge in [0, 0.05) is 20.1 Å². The Bertz CT molecular complexity index is 203. The average Bonchev–Trinajstić information content (AvgIpc) is 2.21. The molecular weight excluding hydrogens is 180 g/mol. The van der Waals surface area contributed by atoms with E-state index in [1.165, 1.54) is 0 Å². The number of rotatable bonds is 5. The molecule has 0 fully saturated rings. The lowest BCUT2D eigenvalue weighted by molar-refractivity contribution is -0.128. The smallest absolute Gasteiger partial charge is 0.244 e. The molecule has 3 N–H and O–H groups in total. The SMILES string of the molecule is CCCNC(N)=NCC(=O)N(C)CC. The van der Waals surface area contributed by atoms with E-state index in [0.29, 0.717) is 12.5 Å². The number of guanidine groups is 1. The zero-order chi connectivity index (χ0) is 11.0. The van der Waals surface area contributed by atoms with Gasteiger partial charge in [0.2, 0.25) is 5.91 Å². The van der Waals surface area contributed by atoms with Crippen LogP contribution in [0.5, 0.6) is 0 Å². The second-order valence-electron chi connectivity index (χ2n) is 3.04. The number of nitrogens with zero attached hydrogens (tertiary/aromatic N) is 2. The Morgan fingerprint density at radius 1 is 1.50 bits per heavy atom. The largest absolute Gasteiger partial charge is 0.370 e. The van der Waals surface area contributed by atoms with Gasteiger partial charge in [0.25, 0.3) is 0 Å². The molecule has 0 atom stereocenters. The molecule has 0 aliphatic carbocycles. The molecule has 0 unspecified atom stereocenters. The van der Waals surface area contributed by atoms with Crippen molar-refractivity contribution in [3.63, 3.8) is 0 Å². The van der Waals surface area contributed by atoms with E-state index in [2.05, 4.69) is 10.3 Å². The molecule has 1 amide bonds. The van der Waals surface area contributed by atoms with E-state index >= 15 is 0 Å². The molecule has 0 radical (unpaired) electrons. The van der Waals surface area contributed by atoms with E-state index in [4.69, 9.17) is 5.73 Å². The van der Waals surface area contributed by atoms with Crippen molar-refractivity contribution in [2.75, 3.05) is 26.7 Å². The Balaban J connectivity index is 3.83. The monoisotopic (exact) mass is 200 g/mol. The van der Waals surface area contributed by atoms with Gasteiger partial charge < -0.3 is 16.0 Å². The summed E-state index contributed by atoms with van der Waals surface area (Å²) in [5.41, 5.74) is 5.52. The second kappa shape index (κ2) is 7.17. The fourth-order valence-electron chi connectivity index (χ4n) is 0.759. The third kappa shape index (κ3) is 5.40. The van der Waals surface area contributed by atoms with Crippen molar-refractivity contribution >= 4 is 11.9 Å². The van der Waals surface area contributed by atoms with Crippen LogP contribution in [0.4, 0.5) is 0 Å². The number of nitrogens with one attached hydrogen (secondary N) is 1. The summed E-state index contributed by atoms with van der Waals surface area (Å²) in [5.74, 6) is 0.318. The Hall–Kier alpha value is -1.26. The van der Waals surface area contributed by atoms with Crippen LogP contribution in [-0.2, 0) is 4.79 Å². The van der Waals surface area contributed by atoms with E-state index in [1.807, 2.05) is 13.8 Å². The highest BCUT2D eigenvalue weighted by molar-refractivity contribution is 5.83. The number of aliphatic imine (C=N–C) groups is 1. The molecule has 0 aliphatic rings. The Morgan fingerprint density at radius 2 is 2.14 bits per heavy atom. The van der Waals surface area contributed by atoms with Crippen molar-refractivity contribution in [1.29, 1.82) is 0 Å². The molecule has 0 bridgehead atoms. The molecule has 0 saturated heterocycles. The zero-order valence-corrected chi connectivity index (χ0v) is 9.21. The zero-order valence-electron chi connectivity index (χ0n) is 9.21. The van der Waals surface area contributed by atoms with E-state index in [-0.39, 0.29) is 12.5 Å². The molecule has 0 spiro atoms. The molecule has 0 heterocycles. The standard InChI is InChI=1S/C9H20N4O/c1-4-6-11-9(10)12-7-8(14)13(3)5-2/h4-7H2,1-3H3,(H3,10,11,12). The lowest BCUT2D eigenvalue weighted by atomic mass is 10.5. The summed E-state index contributed by atoms with van der Waals surface area (Å²) in [6.45, 7) is 5.55. The third-order valence-electron chi connectivity index (χ3n) is 1.84. The molecule has 0 aromatic carbocycles. The maximum absolute atomic E-state index is 11.3. The molecule has 82 valence electrons. The molecule has 0 aromatic heterocycles. The molecule has 5 heteroatoms. The first-order valence-corrected chi connectivity index (χ1v) is 4.89. The van der Waals surface area contributed by atoms with Gasteiger partial charge in [-0.1, -0.05) is 6.92 Å². The van der Waals surface area contributed by atoms with E-state index < -0.39 is 0 Å². The number of amides is 1. The number of hydrogen-bond donors (Lipinski definition) is 2. The van der Waals surface area contributed by atoms with Gasteiger partial charge in [0.1, 0.15) is 6.54 Å². The first kappa shape index (κ1) is 12.7. The summed E-state index contributed by atoms with van der Waals surface area (Å²) in [7, 11) is 1.74. The lowest BCUT2D eigenvalue weighted by Crippen LogP contribution is -2.34. The lowest BCUT2D eigenvalue weighted by Gasteiger charge is -2.12. The van der Waals surface area contributed by atoms with Crippen LogP contribution in [0, 0.1) is 0 Å². The maximum atomic E-state index is 11.3. The van der Waals surface area contributed by atoms with Crippen LogP contribution in [0.1, 0.15) is 20.3 Å².